The van der Waals surface area contributed by atoms with Gasteiger partial charge in [-0.1, -0.05) is 12.1 Å². The summed E-state index contributed by atoms with van der Waals surface area (Å²) in [5.74, 6) is -39.7. The molecule has 1 rings (SSSR count). The Hall–Kier alpha value is -2.42. The van der Waals surface area contributed by atoms with Crippen LogP contribution in [0.4, 0.5) is 57.1 Å². The van der Waals surface area contributed by atoms with Crippen molar-refractivity contribution < 1.29 is 71.7 Å². The molecule has 3 nitrogen and oxygen atoms in total. The topological polar surface area (TPSA) is 46.5 Å². The fourth-order valence-corrected chi connectivity index (χ4v) is 2.42. The first-order valence-electron chi connectivity index (χ1n) is 8.54. The van der Waals surface area contributed by atoms with E-state index in [9.17, 15) is 67.0 Å². The number of rotatable bonds is 9. The number of hydrogen-bond acceptors (Lipinski definition) is 3. The first-order valence-corrected chi connectivity index (χ1v) is 8.54. The largest absolute Gasteiger partial charge is 0.507 e. The van der Waals surface area contributed by atoms with Crippen LogP contribution < -0.4 is 0 Å². The third-order valence-corrected chi connectivity index (χ3v) is 4.32. The third-order valence-electron chi connectivity index (χ3n) is 4.32. The van der Waals surface area contributed by atoms with E-state index in [-0.39, 0.29) is 6.61 Å². The fourth-order valence-electron chi connectivity index (χ4n) is 2.42. The average Bonchev–Trinajstić information content (AvgIpc) is 2.65. The van der Waals surface area contributed by atoms with Crippen molar-refractivity contribution in [1.29, 1.82) is 0 Å². The highest BCUT2D eigenvalue weighted by molar-refractivity contribution is 5.92. The molecular formula is C17H13F13O3. The Morgan fingerprint density at radius 2 is 1.30 bits per heavy atom. The van der Waals surface area contributed by atoms with E-state index in [1.54, 1.807) is 0 Å². The molecule has 0 saturated heterocycles. The maximum absolute atomic E-state index is 13.8. The zero-order valence-electron chi connectivity index (χ0n) is 16.0. The number of carbonyl (C=O) groups is 1. The van der Waals surface area contributed by atoms with Crippen LogP contribution >= 0.6 is 0 Å². The van der Waals surface area contributed by atoms with Gasteiger partial charge in [-0.25, -0.2) is 4.79 Å². The van der Waals surface area contributed by atoms with Gasteiger partial charge in [0.1, 0.15) is 11.3 Å². The molecule has 0 spiro atoms. The standard InChI is InChI=1S/C17H13F13O3/c1-2-33-11(32)9-5-3-4-8(10(9)31)6-7-12(18,19)13(20,21)14(22,23)15(24,25)16(26,27)17(28,29)30/h3-5,31H,2,6-7H2,1H3. The minimum atomic E-state index is -7.98. The summed E-state index contributed by atoms with van der Waals surface area (Å²) in [6, 6.07) is 2.53. The summed E-state index contributed by atoms with van der Waals surface area (Å²) in [6.07, 6.45) is -11.5. The zero-order valence-corrected chi connectivity index (χ0v) is 16.0. The second kappa shape index (κ2) is 8.74. The van der Waals surface area contributed by atoms with Crippen molar-refractivity contribution in [3.8, 4) is 5.75 Å². The van der Waals surface area contributed by atoms with Gasteiger partial charge in [0, 0.05) is 6.42 Å². The molecule has 190 valence electrons. The average molecular weight is 512 g/mol. The minimum absolute atomic E-state index is 0.224. The number of phenolic OH excluding ortho intramolecular Hbond substituents is 1. The van der Waals surface area contributed by atoms with Crippen molar-refractivity contribution >= 4 is 5.97 Å². The lowest BCUT2D eigenvalue weighted by Gasteiger charge is -2.39. The van der Waals surface area contributed by atoms with Crippen LogP contribution in [0.2, 0.25) is 0 Å². The van der Waals surface area contributed by atoms with Crippen molar-refractivity contribution in [3.05, 3.63) is 29.3 Å². The molecule has 16 heteroatoms. The first kappa shape index (κ1) is 28.6. The summed E-state index contributed by atoms with van der Waals surface area (Å²) < 4.78 is 175. The summed E-state index contributed by atoms with van der Waals surface area (Å²) in [5.41, 5.74) is -1.45. The fraction of sp³-hybridized carbons (Fsp3) is 0.588. The molecule has 1 aromatic rings. The summed E-state index contributed by atoms with van der Waals surface area (Å²) in [5, 5.41) is 9.85. The van der Waals surface area contributed by atoms with E-state index in [4.69, 9.17) is 0 Å². The number of para-hydroxylation sites is 1. The zero-order chi connectivity index (χ0) is 26.3. The molecule has 0 aliphatic rings. The number of aromatic hydroxyl groups is 1. The molecule has 0 fully saturated rings. The highest BCUT2D eigenvalue weighted by Crippen LogP contribution is 2.60. The molecule has 0 heterocycles. The third kappa shape index (κ3) is 4.65. The Balaban J connectivity index is 3.30. The van der Waals surface area contributed by atoms with E-state index >= 15 is 0 Å². The van der Waals surface area contributed by atoms with Crippen molar-refractivity contribution in [1.82, 2.24) is 0 Å². The number of alkyl halides is 13. The van der Waals surface area contributed by atoms with Gasteiger partial charge in [0.15, 0.2) is 0 Å². The van der Waals surface area contributed by atoms with Crippen molar-refractivity contribution in [2.45, 2.75) is 55.6 Å². The van der Waals surface area contributed by atoms with Crippen LogP contribution in [0, 0.1) is 0 Å². The Bertz CT molecular complexity index is 862. The number of aryl methyl sites for hydroxylation is 1. The van der Waals surface area contributed by atoms with Crippen LogP contribution in [0.5, 0.6) is 5.75 Å². The van der Waals surface area contributed by atoms with E-state index in [1.165, 1.54) is 6.92 Å². The number of halogens is 13. The maximum atomic E-state index is 13.8. The highest BCUT2D eigenvalue weighted by atomic mass is 19.4. The maximum Gasteiger partial charge on any atom is 0.460 e. The van der Waals surface area contributed by atoms with E-state index in [0.717, 1.165) is 18.2 Å². The lowest BCUT2D eigenvalue weighted by Crippen LogP contribution is -2.70. The van der Waals surface area contributed by atoms with Gasteiger partial charge in [-0.05, 0) is 25.0 Å². The van der Waals surface area contributed by atoms with Gasteiger partial charge < -0.3 is 9.84 Å². The molecule has 1 N–H and O–H groups in total. The smallest absolute Gasteiger partial charge is 0.460 e. The van der Waals surface area contributed by atoms with E-state index < -0.39 is 71.5 Å². The molecule has 33 heavy (non-hydrogen) atoms. The van der Waals surface area contributed by atoms with E-state index in [0.29, 0.717) is 0 Å². The summed E-state index contributed by atoms with van der Waals surface area (Å²) in [6.45, 7) is 1.11. The van der Waals surface area contributed by atoms with Crippen LogP contribution in [-0.2, 0) is 11.2 Å². The predicted octanol–water partition coefficient (Wildman–Crippen LogP) is 6.24. The SMILES string of the molecule is CCOC(=O)c1cccc(CCC(F)(F)C(F)(F)C(F)(F)C(F)(F)C(F)(F)C(F)(F)F)c1O. The molecule has 0 saturated carbocycles. The van der Waals surface area contributed by atoms with Crippen molar-refractivity contribution in [3.63, 3.8) is 0 Å². The monoisotopic (exact) mass is 512 g/mol. The molecule has 0 radical (unpaired) electrons. The lowest BCUT2D eigenvalue weighted by atomic mass is 9.91. The second-order valence-corrected chi connectivity index (χ2v) is 6.53. The van der Waals surface area contributed by atoms with Crippen LogP contribution in [0.1, 0.15) is 29.3 Å². The molecule has 0 bridgehead atoms. The molecule has 1 aromatic carbocycles. The Morgan fingerprint density at radius 1 is 0.818 bits per heavy atom. The Labute approximate surface area is 176 Å². The van der Waals surface area contributed by atoms with E-state index in [2.05, 4.69) is 4.74 Å². The molecule has 0 aliphatic heterocycles. The van der Waals surface area contributed by atoms with Crippen LogP contribution in [0.25, 0.3) is 0 Å². The number of esters is 1. The number of benzene rings is 1. The first-order chi connectivity index (χ1) is 14.6. The summed E-state index contributed by atoms with van der Waals surface area (Å²) in [7, 11) is 0. The normalized spacial score (nSPS) is 14.4. The molecule has 0 aromatic heterocycles. The van der Waals surface area contributed by atoms with Gasteiger partial charge in [-0.3, -0.25) is 0 Å². The van der Waals surface area contributed by atoms with Gasteiger partial charge in [-0.15, -0.1) is 0 Å². The van der Waals surface area contributed by atoms with Gasteiger partial charge in [0.05, 0.1) is 6.61 Å². The summed E-state index contributed by atoms with van der Waals surface area (Å²) in [4.78, 5) is 11.6. The number of phenols is 1. The van der Waals surface area contributed by atoms with Crippen molar-refractivity contribution in [2.24, 2.45) is 0 Å². The van der Waals surface area contributed by atoms with Gasteiger partial charge in [0.25, 0.3) is 0 Å². The second-order valence-electron chi connectivity index (χ2n) is 6.53. The minimum Gasteiger partial charge on any atom is -0.507 e. The predicted molar refractivity (Wildman–Crippen MR) is 83.2 cm³/mol. The van der Waals surface area contributed by atoms with Crippen molar-refractivity contribution in [2.75, 3.05) is 6.61 Å². The van der Waals surface area contributed by atoms with E-state index in [1.807, 2.05) is 0 Å². The van der Waals surface area contributed by atoms with Crippen LogP contribution in [0.3, 0.4) is 0 Å². The highest BCUT2D eigenvalue weighted by Gasteiger charge is 2.90. The van der Waals surface area contributed by atoms with Gasteiger partial charge in [0.2, 0.25) is 0 Å². The number of carbonyl (C=O) groups excluding carboxylic acids is 1. The van der Waals surface area contributed by atoms with Crippen LogP contribution in [0.15, 0.2) is 18.2 Å². The molecule has 0 amide bonds. The molecular weight excluding hydrogens is 499 g/mol. The number of hydrogen-bond donors (Lipinski definition) is 1. The Morgan fingerprint density at radius 3 is 1.76 bits per heavy atom. The molecule has 0 aliphatic carbocycles. The lowest BCUT2D eigenvalue weighted by molar-refractivity contribution is -0.440. The molecule has 0 unspecified atom stereocenters. The Kier molecular flexibility index (Phi) is 7.58. The van der Waals surface area contributed by atoms with Crippen LogP contribution in [-0.4, -0.2) is 53.5 Å². The quantitative estimate of drug-likeness (QED) is 0.315. The van der Waals surface area contributed by atoms with Gasteiger partial charge >= 0.3 is 41.8 Å². The number of ether oxygens (including phenoxy) is 1. The molecule has 0 atom stereocenters. The summed E-state index contributed by atoms with van der Waals surface area (Å²) >= 11 is 0. The van der Waals surface area contributed by atoms with Gasteiger partial charge in [-0.2, -0.15) is 57.1 Å².